The van der Waals surface area contributed by atoms with E-state index in [9.17, 15) is 0 Å². The summed E-state index contributed by atoms with van der Waals surface area (Å²) in [6.45, 7) is 3.73. The molecule has 6 heteroatoms. The van der Waals surface area contributed by atoms with Crippen molar-refractivity contribution in [2.75, 3.05) is 11.4 Å². The van der Waals surface area contributed by atoms with E-state index in [1.807, 2.05) is 37.6 Å². The van der Waals surface area contributed by atoms with E-state index in [1.165, 1.54) is 0 Å². The van der Waals surface area contributed by atoms with Crippen LogP contribution in [0, 0.1) is 0 Å². The molecule has 0 aliphatic heterocycles. The van der Waals surface area contributed by atoms with Gasteiger partial charge >= 0.3 is 0 Å². The van der Waals surface area contributed by atoms with E-state index in [0.717, 1.165) is 35.4 Å². The molecule has 1 aromatic carbocycles. The van der Waals surface area contributed by atoms with Crippen LogP contribution in [0.25, 0.3) is 10.9 Å². The third kappa shape index (κ3) is 2.83. The highest BCUT2D eigenvalue weighted by atomic mass is 35.5. The number of halogens is 1. The highest BCUT2D eigenvalue weighted by Gasteiger charge is 2.12. The molecule has 0 unspecified atom stereocenters. The number of rotatable bonds is 4. The first-order valence-corrected chi connectivity index (χ1v) is 7.18. The molecule has 5 nitrogen and oxygen atoms in total. The summed E-state index contributed by atoms with van der Waals surface area (Å²) in [6, 6.07) is 5.70. The third-order valence-electron chi connectivity index (χ3n) is 3.39. The Kier molecular flexibility index (Phi) is 3.75. The summed E-state index contributed by atoms with van der Waals surface area (Å²) in [7, 11) is 1.92. The molecule has 3 aromatic rings. The molecule has 0 saturated carbocycles. The fourth-order valence-corrected chi connectivity index (χ4v) is 2.54. The predicted molar refractivity (Wildman–Crippen MR) is 84.5 cm³/mol. The van der Waals surface area contributed by atoms with E-state index in [0.29, 0.717) is 5.02 Å². The Hall–Kier alpha value is -2.14. The molecule has 0 bridgehead atoms. The lowest BCUT2D eigenvalue weighted by molar-refractivity contribution is 0.764. The molecule has 0 spiro atoms. The van der Waals surface area contributed by atoms with Gasteiger partial charge in [0.25, 0.3) is 0 Å². The first-order chi connectivity index (χ1) is 10.2. The maximum atomic E-state index is 6.03. The molecule has 2 heterocycles. The lowest BCUT2D eigenvalue weighted by atomic mass is 10.2. The monoisotopic (exact) mass is 301 g/mol. The molecular weight excluding hydrogens is 286 g/mol. The average molecular weight is 302 g/mol. The summed E-state index contributed by atoms with van der Waals surface area (Å²) in [5.41, 5.74) is 2.01. The molecular formula is C15H16ClN5. The average Bonchev–Trinajstić information content (AvgIpc) is 2.89. The molecule has 2 aromatic heterocycles. The molecule has 0 amide bonds. The molecule has 21 heavy (non-hydrogen) atoms. The van der Waals surface area contributed by atoms with E-state index in [1.54, 1.807) is 11.0 Å². The van der Waals surface area contributed by atoms with Gasteiger partial charge in [-0.1, -0.05) is 11.6 Å². The Labute approximate surface area is 128 Å². The van der Waals surface area contributed by atoms with Gasteiger partial charge in [-0.3, -0.25) is 4.68 Å². The normalized spacial score (nSPS) is 11.0. The van der Waals surface area contributed by atoms with Gasteiger partial charge in [0.2, 0.25) is 0 Å². The molecule has 3 rings (SSSR count). The lowest BCUT2D eigenvalue weighted by Gasteiger charge is -2.22. The highest BCUT2D eigenvalue weighted by molar-refractivity contribution is 6.31. The Morgan fingerprint density at radius 2 is 2.14 bits per heavy atom. The maximum absolute atomic E-state index is 6.03. The SMILES string of the molecule is CCN(Cc1cnn(C)c1)c1ncnc2cc(Cl)ccc12. The number of anilines is 1. The minimum absolute atomic E-state index is 0.683. The Bertz CT molecular complexity index is 768. The fraction of sp³-hybridized carbons (Fsp3) is 0.267. The number of nitrogens with zero attached hydrogens (tertiary/aromatic N) is 5. The van der Waals surface area contributed by atoms with Gasteiger partial charge < -0.3 is 4.90 Å². The summed E-state index contributed by atoms with van der Waals surface area (Å²) in [5, 5.41) is 5.90. The van der Waals surface area contributed by atoms with Crippen LogP contribution in [-0.4, -0.2) is 26.3 Å². The lowest BCUT2D eigenvalue weighted by Crippen LogP contribution is -2.23. The number of fused-ring (bicyclic) bond motifs is 1. The summed E-state index contributed by atoms with van der Waals surface area (Å²) in [5.74, 6) is 0.919. The largest absolute Gasteiger partial charge is 0.352 e. The van der Waals surface area contributed by atoms with Crippen molar-refractivity contribution in [1.82, 2.24) is 19.7 Å². The van der Waals surface area contributed by atoms with E-state index >= 15 is 0 Å². The van der Waals surface area contributed by atoms with Crippen molar-refractivity contribution in [1.29, 1.82) is 0 Å². The molecule has 0 saturated heterocycles. The van der Waals surface area contributed by atoms with Crippen LogP contribution in [0.15, 0.2) is 36.9 Å². The van der Waals surface area contributed by atoms with E-state index < -0.39 is 0 Å². The minimum Gasteiger partial charge on any atom is -0.352 e. The van der Waals surface area contributed by atoms with Crippen LogP contribution in [0.1, 0.15) is 12.5 Å². The van der Waals surface area contributed by atoms with Gasteiger partial charge in [-0.05, 0) is 25.1 Å². The molecule has 108 valence electrons. The van der Waals surface area contributed by atoms with Crippen molar-refractivity contribution in [3.63, 3.8) is 0 Å². The highest BCUT2D eigenvalue weighted by Crippen LogP contribution is 2.26. The van der Waals surface area contributed by atoms with Crippen LogP contribution in [0.5, 0.6) is 0 Å². The topological polar surface area (TPSA) is 46.8 Å². The zero-order chi connectivity index (χ0) is 14.8. The quantitative estimate of drug-likeness (QED) is 0.743. The van der Waals surface area contributed by atoms with Crippen molar-refractivity contribution >= 4 is 28.3 Å². The van der Waals surface area contributed by atoms with Gasteiger partial charge in [-0.25, -0.2) is 9.97 Å². The Morgan fingerprint density at radius 3 is 2.86 bits per heavy atom. The summed E-state index contributed by atoms with van der Waals surface area (Å²) in [4.78, 5) is 11.0. The van der Waals surface area contributed by atoms with Crippen LogP contribution < -0.4 is 4.90 Å². The molecule has 0 radical (unpaired) electrons. The molecule has 0 aliphatic carbocycles. The summed E-state index contributed by atoms with van der Waals surface area (Å²) >= 11 is 6.03. The van der Waals surface area contributed by atoms with Crippen molar-refractivity contribution in [3.05, 3.63) is 47.5 Å². The smallest absolute Gasteiger partial charge is 0.140 e. The van der Waals surface area contributed by atoms with Gasteiger partial charge in [-0.15, -0.1) is 0 Å². The van der Waals surface area contributed by atoms with Crippen molar-refractivity contribution in [2.24, 2.45) is 7.05 Å². The second-order valence-electron chi connectivity index (χ2n) is 4.90. The maximum Gasteiger partial charge on any atom is 0.140 e. The first-order valence-electron chi connectivity index (χ1n) is 6.80. The first kappa shape index (κ1) is 13.8. The van der Waals surface area contributed by atoms with Crippen molar-refractivity contribution in [2.45, 2.75) is 13.5 Å². The van der Waals surface area contributed by atoms with Gasteiger partial charge in [0.05, 0.1) is 11.7 Å². The fourth-order valence-electron chi connectivity index (χ4n) is 2.38. The number of aryl methyl sites for hydroxylation is 1. The Balaban J connectivity index is 2.00. The second kappa shape index (κ2) is 5.69. The standard InChI is InChI=1S/C15H16ClN5/c1-3-21(9-11-7-19-20(2)8-11)15-13-5-4-12(16)6-14(13)17-10-18-15/h4-8,10H,3,9H2,1-2H3. The van der Waals surface area contributed by atoms with E-state index in [2.05, 4.69) is 26.9 Å². The van der Waals surface area contributed by atoms with Crippen molar-refractivity contribution in [3.8, 4) is 0 Å². The van der Waals surface area contributed by atoms with Crippen LogP contribution >= 0.6 is 11.6 Å². The summed E-state index contributed by atoms with van der Waals surface area (Å²) < 4.78 is 1.81. The second-order valence-corrected chi connectivity index (χ2v) is 5.33. The number of hydrogen-bond donors (Lipinski definition) is 0. The van der Waals surface area contributed by atoms with E-state index in [-0.39, 0.29) is 0 Å². The van der Waals surface area contributed by atoms with E-state index in [4.69, 9.17) is 11.6 Å². The predicted octanol–water partition coefficient (Wildman–Crippen LogP) is 3.04. The van der Waals surface area contributed by atoms with Crippen LogP contribution in [-0.2, 0) is 13.6 Å². The zero-order valence-corrected chi connectivity index (χ0v) is 12.7. The number of aromatic nitrogens is 4. The van der Waals surface area contributed by atoms with Gasteiger partial charge in [0.1, 0.15) is 12.1 Å². The number of hydrogen-bond acceptors (Lipinski definition) is 4. The van der Waals surface area contributed by atoms with Gasteiger partial charge in [-0.2, -0.15) is 5.10 Å². The molecule has 0 fully saturated rings. The summed E-state index contributed by atoms with van der Waals surface area (Å²) in [6.07, 6.45) is 5.48. The van der Waals surface area contributed by atoms with Crippen LogP contribution in [0.2, 0.25) is 5.02 Å². The third-order valence-corrected chi connectivity index (χ3v) is 3.63. The molecule has 0 N–H and O–H groups in total. The van der Waals surface area contributed by atoms with Crippen LogP contribution in [0.3, 0.4) is 0 Å². The van der Waals surface area contributed by atoms with Crippen molar-refractivity contribution < 1.29 is 0 Å². The van der Waals surface area contributed by atoms with Gasteiger partial charge in [0.15, 0.2) is 0 Å². The minimum atomic E-state index is 0.683. The van der Waals surface area contributed by atoms with Crippen LogP contribution in [0.4, 0.5) is 5.82 Å². The Morgan fingerprint density at radius 1 is 1.29 bits per heavy atom. The zero-order valence-electron chi connectivity index (χ0n) is 12.0. The number of benzene rings is 1. The molecule has 0 atom stereocenters. The molecule has 0 aliphatic rings. The van der Waals surface area contributed by atoms with Gasteiger partial charge in [0, 0.05) is 42.3 Å².